The summed E-state index contributed by atoms with van der Waals surface area (Å²) in [7, 11) is 0. The summed E-state index contributed by atoms with van der Waals surface area (Å²) in [6.45, 7) is 4.37. The maximum atomic E-state index is 12.1. The van der Waals surface area contributed by atoms with Crippen LogP contribution in [-0.2, 0) is 6.73 Å². The number of ether oxygens (including phenoxy) is 1. The average molecular weight is 313 g/mol. The van der Waals surface area contributed by atoms with Gasteiger partial charge in [0.2, 0.25) is 0 Å². The van der Waals surface area contributed by atoms with Crippen molar-refractivity contribution in [3.63, 3.8) is 0 Å². The molecular formula is C18H23N3O2. The zero-order valence-electron chi connectivity index (χ0n) is 13.7. The highest BCUT2D eigenvalue weighted by atomic mass is 16.5. The van der Waals surface area contributed by atoms with Crippen molar-refractivity contribution in [3.05, 3.63) is 47.3 Å². The largest absolute Gasteiger partial charge is 0.471 e. The van der Waals surface area contributed by atoms with E-state index in [2.05, 4.69) is 16.5 Å². The Kier molecular flexibility index (Phi) is 4.65. The van der Waals surface area contributed by atoms with E-state index in [4.69, 9.17) is 4.74 Å². The normalized spacial score (nSPS) is 14.9. The number of aryl methyl sites for hydroxylation is 2. The van der Waals surface area contributed by atoms with Gasteiger partial charge in [0.15, 0.2) is 6.73 Å². The maximum Gasteiger partial charge on any atom is 0.271 e. The number of nitrogens with zero attached hydrogens (tertiary/aromatic N) is 2. The average Bonchev–Trinajstić information content (AvgIpc) is 3.15. The van der Waals surface area contributed by atoms with Crippen molar-refractivity contribution in [2.24, 2.45) is 0 Å². The third-order valence-electron chi connectivity index (χ3n) is 4.12. The third kappa shape index (κ3) is 4.12. The van der Waals surface area contributed by atoms with Crippen LogP contribution in [0.25, 0.3) is 0 Å². The first-order chi connectivity index (χ1) is 11.1. The van der Waals surface area contributed by atoms with Gasteiger partial charge in [0.05, 0.1) is 0 Å². The van der Waals surface area contributed by atoms with Gasteiger partial charge in [-0.3, -0.25) is 4.79 Å². The van der Waals surface area contributed by atoms with Gasteiger partial charge in [0, 0.05) is 12.2 Å². The van der Waals surface area contributed by atoms with Crippen molar-refractivity contribution in [3.8, 4) is 5.75 Å². The second-order valence-corrected chi connectivity index (χ2v) is 6.29. The van der Waals surface area contributed by atoms with E-state index in [9.17, 15) is 4.79 Å². The number of benzene rings is 1. The molecule has 122 valence electrons. The summed E-state index contributed by atoms with van der Waals surface area (Å²) in [5, 5.41) is 7.33. The van der Waals surface area contributed by atoms with E-state index >= 15 is 0 Å². The van der Waals surface area contributed by atoms with Crippen LogP contribution in [0.2, 0.25) is 0 Å². The van der Waals surface area contributed by atoms with Gasteiger partial charge >= 0.3 is 0 Å². The van der Waals surface area contributed by atoms with E-state index < -0.39 is 0 Å². The molecule has 0 bridgehead atoms. The second kappa shape index (κ2) is 6.86. The lowest BCUT2D eigenvalue weighted by atomic mass is 10.1. The van der Waals surface area contributed by atoms with Crippen molar-refractivity contribution >= 4 is 5.91 Å². The van der Waals surface area contributed by atoms with Crippen LogP contribution in [0.1, 0.15) is 47.3 Å². The van der Waals surface area contributed by atoms with E-state index in [1.54, 1.807) is 16.9 Å². The summed E-state index contributed by atoms with van der Waals surface area (Å²) in [5.74, 6) is 0.719. The molecule has 0 saturated heterocycles. The Morgan fingerprint density at radius 2 is 1.96 bits per heavy atom. The fourth-order valence-corrected chi connectivity index (χ4v) is 3.04. The Bertz CT molecular complexity index is 667. The Hall–Kier alpha value is -2.30. The summed E-state index contributed by atoms with van der Waals surface area (Å²) in [6.07, 6.45) is 6.31. The zero-order valence-corrected chi connectivity index (χ0v) is 13.7. The third-order valence-corrected chi connectivity index (χ3v) is 4.12. The topological polar surface area (TPSA) is 56.1 Å². The molecule has 1 aliphatic carbocycles. The Labute approximate surface area is 136 Å². The quantitative estimate of drug-likeness (QED) is 0.922. The van der Waals surface area contributed by atoms with Crippen LogP contribution in [0, 0.1) is 13.8 Å². The van der Waals surface area contributed by atoms with Gasteiger partial charge in [-0.15, -0.1) is 0 Å². The first-order valence-electron chi connectivity index (χ1n) is 8.15. The van der Waals surface area contributed by atoms with Gasteiger partial charge < -0.3 is 10.1 Å². The van der Waals surface area contributed by atoms with Crippen LogP contribution in [0.15, 0.2) is 30.5 Å². The highest BCUT2D eigenvalue weighted by molar-refractivity contribution is 5.92. The number of carbonyl (C=O) groups is 1. The zero-order chi connectivity index (χ0) is 16.2. The minimum atomic E-state index is -0.0953. The molecule has 0 unspecified atom stereocenters. The van der Waals surface area contributed by atoms with Gasteiger partial charge in [-0.1, -0.05) is 18.9 Å². The summed E-state index contributed by atoms with van der Waals surface area (Å²) in [6, 6.07) is 8.12. The number of carbonyl (C=O) groups excluding carboxylic acids is 1. The molecule has 0 spiro atoms. The van der Waals surface area contributed by atoms with Crippen molar-refractivity contribution in [1.29, 1.82) is 0 Å². The summed E-state index contributed by atoms with van der Waals surface area (Å²) < 4.78 is 7.39. The molecule has 1 aromatic carbocycles. The maximum absolute atomic E-state index is 12.1. The highest BCUT2D eigenvalue weighted by Crippen LogP contribution is 2.18. The molecule has 2 aromatic rings. The van der Waals surface area contributed by atoms with Gasteiger partial charge in [-0.25, -0.2) is 4.68 Å². The standard InChI is InChI=1S/C18H23N3O2/c1-13-9-14(2)11-16(10-13)23-12-21-8-7-17(20-21)18(22)19-15-5-3-4-6-15/h7-11,15H,3-6,12H2,1-2H3,(H,19,22). The highest BCUT2D eigenvalue weighted by Gasteiger charge is 2.19. The molecule has 1 amide bonds. The molecular weight excluding hydrogens is 290 g/mol. The van der Waals surface area contributed by atoms with E-state index in [1.165, 1.54) is 12.8 Å². The van der Waals surface area contributed by atoms with Crippen LogP contribution < -0.4 is 10.1 Å². The number of aromatic nitrogens is 2. The SMILES string of the molecule is Cc1cc(C)cc(OCn2ccc(C(=O)NC3CCCC3)n2)c1. The van der Waals surface area contributed by atoms with Crippen molar-refractivity contribution in [2.45, 2.75) is 52.3 Å². The Morgan fingerprint density at radius 1 is 1.26 bits per heavy atom. The molecule has 0 radical (unpaired) electrons. The molecule has 0 aliphatic heterocycles. The van der Waals surface area contributed by atoms with E-state index in [1.807, 2.05) is 26.0 Å². The Morgan fingerprint density at radius 3 is 2.65 bits per heavy atom. The van der Waals surface area contributed by atoms with Crippen LogP contribution in [-0.4, -0.2) is 21.7 Å². The summed E-state index contributed by atoms with van der Waals surface area (Å²) >= 11 is 0. The molecule has 5 heteroatoms. The number of amides is 1. The minimum Gasteiger partial charge on any atom is -0.471 e. The van der Waals surface area contributed by atoms with Crippen LogP contribution in [0.4, 0.5) is 0 Å². The van der Waals surface area contributed by atoms with Gasteiger partial charge in [0.25, 0.3) is 5.91 Å². The second-order valence-electron chi connectivity index (χ2n) is 6.29. The monoisotopic (exact) mass is 313 g/mol. The van der Waals surface area contributed by atoms with E-state index in [0.29, 0.717) is 18.5 Å². The lowest BCUT2D eigenvalue weighted by molar-refractivity contribution is 0.0930. The fourth-order valence-electron chi connectivity index (χ4n) is 3.04. The van der Waals surface area contributed by atoms with Crippen molar-refractivity contribution < 1.29 is 9.53 Å². The number of nitrogens with one attached hydrogen (secondary N) is 1. The smallest absolute Gasteiger partial charge is 0.271 e. The molecule has 3 rings (SSSR count). The molecule has 1 fully saturated rings. The van der Waals surface area contributed by atoms with Crippen molar-refractivity contribution in [2.75, 3.05) is 0 Å². The van der Waals surface area contributed by atoms with Crippen LogP contribution >= 0.6 is 0 Å². The fraction of sp³-hybridized carbons (Fsp3) is 0.444. The molecule has 5 nitrogen and oxygen atoms in total. The van der Waals surface area contributed by atoms with Gasteiger partial charge in [0.1, 0.15) is 11.4 Å². The van der Waals surface area contributed by atoms with Gasteiger partial charge in [-0.05, 0) is 56.0 Å². The molecule has 0 atom stereocenters. The van der Waals surface area contributed by atoms with Crippen molar-refractivity contribution in [1.82, 2.24) is 15.1 Å². The molecule has 1 aromatic heterocycles. The summed E-state index contributed by atoms with van der Waals surface area (Å²) in [4.78, 5) is 12.1. The lowest BCUT2D eigenvalue weighted by Crippen LogP contribution is -2.32. The first-order valence-corrected chi connectivity index (χ1v) is 8.15. The number of hydrogen-bond acceptors (Lipinski definition) is 3. The minimum absolute atomic E-state index is 0.0953. The predicted molar refractivity (Wildman–Crippen MR) is 88.5 cm³/mol. The number of hydrogen-bond donors (Lipinski definition) is 1. The van der Waals surface area contributed by atoms with Crippen LogP contribution in [0.3, 0.4) is 0 Å². The molecule has 1 heterocycles. The van der Waals surface area contributed by atoms with E-state index in [0.717, 1.165) is 29.7 Å². The predicted octanol–water partition coefficient (Wildman–Crippen LogP) is 3.21. The van der Waals surface area contributed by atoms with Crippen LogP contribution in [0.5, 0.6) is 5.75 Å². The lowest BCUT2D eigenvalue weighted by Gasteiger charge is -2.10. The Balaban J connectivity index is 1.57. The molecule has 23 heavy (non-hydrogen) atoms. The first kappa shape index (κ1) is 15.6. The molecule has 1 N–H and O–H groups in total. The number of rotatable bonds is 5. The molecule has 1 saturated carbocycles. The van der Waals surface area contributed by atoms with Gasteiger partial charge in [-0.2, -0.15) is 5.10 Å². The van der Waals surface area contributed by atoms with E-state index in [-0.39, 0.29) is 5.91 Å². The molecule has 1 aliphatic rings. The summed E-state index contributed by atoms with van der Waals surface area (Å²) in [5.41, 5.74) is 2.77.